The number of ether oxygens (including phenoxy) is 1. The van der Waals surface area contributed by atoms with Gasteiger partial charge in [0, 0.05) is 24.0 Å². The van der Waals surface area contributed by atoms with Gasteiger partial charge in [0.1, 0.15) is 0 Å². The fourth-order valence-electron chi connectivity index (χ4n) is 1.33. The van der Waals surface area contributed by atoms with E-state index in [0.717, 1.165) is 5.33 Å². The highest BCUT2D eigenvalue weighted by atomic mass is 79.9. The van der Waals surface area contributed by atoms with Crippen LogP contribution in [0.2, 0.25) is 0 Å². The summed E-state index contributed by atoms with van der Waals surface area (Å²) in [5.41, 5.74) is -0.0904. The van der Waals surface area contributed by atoms with Crippen molar-refractivity contribution in [2.75, 3.05) is 12.4 Å². The molecule has 0 aliphatic heterocycles. The molecule has 1 unspecified atom stereocenters. The Morgan fingerprint density at radius 1 is 1.50 bits per heavy atom. The maximum Gasteiger partial charge on any atom is 0.266 e. The summed E-state index contributed by atoms with van der Waals surface area (Å²) in [5, 5.41) is 4.98. The second kappa shape index (κ2) is 6.03. The van der Waals surface area contributed by atoms with E-state index in [4.69, 9.17) is 4.74 Å². The number of halogens is 1. The minimum absolute atomic E-state index is 0.0904. The number of hydrogen-bond acceptors (Lipinski definition) is 3. The summed E-state index contributed by atoms with van der Waals surface area (Å²) in [6.45, 7) is 4.88. The molecule has 1 aromatic rings. The average molecular weight is 289 g/mol. The first kappa shape index (κ1) is 13.2. The maximum atomic E-state index is 11.6. The van der Waals surface area contributed by atoms with Crippen LogP contribution in [0.1, 0.15) is 13.8 Å². The molecule has 0 aliphatic carbocycles. The van der Waals surface area contributed by atoms with Gasteiger partial charge in [-0.15, -0.1) is 5.10 Å². The van der Waals surface area contributed by atoms with Crippen molar-refractivity contribution in [2.45, 2.75) is 20.4 Å². The van der Waals surface area contributed by atoms with E-state index >= 15 is 0 Å². The zero-order chi connectivity index (χ0) is 12.1. The largest absolute Gasteiger partial charge is 0.480 e. The molecule has 0 radical (unpaired) electrons. The van der Waals surface area contributed by atoms with E-state index in [1.165, 1.54) is 10.7 Å². The monoisotopic (exact) mass is 288 g/mol. The molecule has 1 aromatic heterocycles. The minimum atomic E-state index is -0.0904. The molecule has 0 spiro atoms. The number of methoxy groups -OCH3 is 1. The Kier molecular flexibility index (Phi) is 4.99. The fraction of sp³-hybridized carbons (Fsp3) is 0.636. The first-order valence-corrected chi connectivity index (χ1v) is 6.38. The Labute approximate surface area is 104 Å². The van der Waals surface area contributed by atoms with Crippen molar-refractivity contribution in [3.63, 3.8) is 0 Å². The first-order chi connectivity index (χ1) is 7.58. The van der Waals surface area contributed by atoms with Gasteiger partial charge in [0.15, 0.2) is 0 Å². The van der Waals surface area contributed by atoms with Crippen LogP contribution in [-0.4, -0.2) is 22.2 Å². The lowest BCUT2D eigenvalue weighted by Crippen LogP contribution is -2.28. The molecule has 16 heavy (non-hydrogen) atoms. The SMILES string of the molecule is COc1ccc(=O)n(CC(CBr)C(C)C)n1. The summed E-state index contributed by atoms with van der Waals surface area (Å²) in [7, 11) is 1.54. The molecule has 0 saturated carbocycles. The second-order valence-corrected chi connectivity index (χ2v) is 4.70. The predicted molar refractivity (Wildman–Crippen MR) is 67.2 cm³/mol. The smallest absolute Gasteiger partial charge is 0.266 e. The molecule has 0 bridgehead atoms. The molecule has 5 heteroatoms. The lowest BCUT2D eigenvalue weighted by atomic mass is 9.98. The van der Waals surface area contributed by atoms with E-state index in [2.05, 4.69) is 34.9 Å². The molecule has 4 nitrogen and oxygen atoms in total. The zero-order valence-electron chi connectivity index (χ0n) is 9.81. The quantitative estimate of drug-likeness (QED) is 0.778. The molecule has 1 rings (SSSR count). The van der Waals surface area contributed by atoms with Crippen molar-refractivity contribution in [3.8, 4) is 5.88 Å². The molecule has 0 N–H and O–H groups in total. The summed E-state index contributed by atoms with van der Waals surface area (Å²) in [5.74, 6) is 1.35. The lowest BCUT2D eigenvalue weighted by Gasteiger charge is -2.18. The molecule has 1 heterocycles. The summed E-state index contributed by atoms with van der Waals surface area (Å²) < 4.78 is 6.47. The highest BCUT2D eigenvalue weighted by Crippen LogP contribution is 2.15. The Morgan fingerprint density at radius 3 is 2.69 bits per heavy atom. The van der Waals surface area contributed by atoms with Gasteiger partial charge in [-0.2, -0.15) is 0 Å². The molecule has 1 atom stereocenters. The summed E-state index contributed by atoms with van der Waals surface area (Å²) >= 11 is 3.46. The highest BCUT2D eigenvalue weighted by Gasteiger charge is 2.14. The lowest BCUT2D eigenvalue weighted by molar-refractivity contribution is 0.326. The second-order valence-electron chi connectivity index (χ2n) is 4.05. The van der Waals surface area contributed by atoms with Gasteiger partial charge < -0.3 is 4.74 Å². The van der Waals surface area contributed by atoms with Gasteiger partial charge in [0.25, 0.3) is 5.56 Å². The first-order valence-electron chi connectivity index (χ1n) is 5.26. The predicted octanol–water partition coefficient (Wildman–Crippen LogP) is 1.92. The normalized spacial score (nSPS) is 12.8. The number of alkyl halides is 1. The summed E-state index contributed by atoms with van der Waals surface area (Å²) in [4.78, 5) is 11.6. The standard InChI is InChI=1S/C11H17BrN2O2/c1-8(2)9(6-12)7-14-11(15)5-4-10(13-14)16-3/h4-5,8-9H,6-7H2,1-3H3. The van der Waals surface area contributed by atoms with Crippen molar-refractivity contribution in [1.82, 2.24) is 9.78 Å². The Balaban J connectivity index is 2.90. The Bertz CT molecular complexity index is 390. The Hall–Kier alpha value is -0.840. The minimum Gasteiger partial charge on any atom is -0.480 e. The van der Waals surface area contributed by atoms with Crippen LogP contribution in [0, 0.1) is 11.8 Å². The molecule has 0 fully saturated rings. The van der Waals surface area contributed by atoms with Crippen molar-refractivity contribution >= 4 is 15.9 Å². The Morgan fingerprint density at radius 2 is 2.19 bits per heavy atom. The summed E-state index contributed by atoms with van der Waals surface area (Å²) in [6, 6.07) is 3.06. The number of rotatable bonds is 5. The molecule has 0 aromatic carbocycles. The molecule has 90 valence electrons. The third kappa shape index (κ3) is 3.33. The third-order valence-electron chi connectivity index (χ3n) is 2.60. The van der Waals surface area contributed by atoms with Crippen molar-refractivity contribution < 1.29 is 4.74 Å². The van der Waals surface area contributed by atoms with Crippen molar-refractivity contribution in [1.29, 1.82) is 0 Å². The molecular formula is C11H17BrN2O2. The van der Waals surface area contributed by atoms with Crippen molar-refractivity contribution in [3.05, 3.63) is 22.5 Å². The van der Waals surface area contributed by atoms with Crippen LogP contribution in [0.3, 0.4) is 0 Å². The number of hydrogen-bond donors (Lipinski definition) is 0. The number of nitrogens with zero attached hydrogens (tertiary/aromatic N) is 2. The highest BCUT2D eigenvalue weighted by molar-refractivity contribution is 9.09. The maximum absolute atomic E-state index is 11.6. The van der Waals surface area contributed by atoms with Gasteiger partial charge in [-0.05, 0) is 11.8 Å². The van der Waals surface area contributed by atoms with Crippen molar-refractivity contribution in [2.24, 2.45) is 11.8 Å². The van der Waals surface area contributed by atoms with Crippen LogP contribution in [-0.2, 0) is 6.54 Å². The van der Waals surface area contributed by atoms with E-state index in [9.17, 15) is 4.79 Å². The van der Waals surface area contributed by atoms with Crippen LogP contribution >= 0.6 is 15.9 Å². The third-order valence-corrected chi connectivity index (χ3v) is 3.43. The van der Waals surface area contributed by atoms with E-state index in [1.54, 1.807) is 13.2 Å². The van der Waals surface area contributed by atoms with Crippen LogP contribution in [0.25, 0.3) is 0 Å². The van der Waals surface area contributed by atoms with Crippen LogP contribution in [0.15, 0.2) is 16.9 Å². The van der Waals surface area contributed by atoms with Gasteiger partial charge in [0.05, 0.1) is 7.11 Å². The van der Waals surface area contributed by atoms with Crippen LogP contribution in [0.5, 0.6) is 5.88 Å². The van der Waals surface area contributed by atoms with Gasteiger partial charge in [-0.25, -0.2) is 4.68 Å². The van der Waals surface area contributed by atoms with Crippen LogP contribution < -0.4 is 10.3 Å². The van der Waals surface area contributed by atoms with Gasteiger partial charge in [-0.3, -0.25) is 4.79 Å². The molecule has 0 amide bonds. The molecule has 0 aliphatic rings. The molecular weight excluding hydrogens is 272 g/mol. The zero-order valence-corrected chi connectivity index (χ0v) is 11.4. The van der Waals surface area contributed by atoms with E-state index in [0.29, 0.717) is 24.3 Å². The number of aromatic nitrogens is 2. The van der Waals surface area contributed by atoms with Gasteiger partial charge in [-0.1, -0.05) is 29.8 Å². The fourth-order valence-corrected chi connectivity index (χ4v) is 2.28. The van der Waals surface area contributed by atoms with E-state index < -0.39 is 0 Å². The van der Waals surface area contributed by atoms with Gasteiger partial charge >= 0.3 is 0 Å². The van der Waals surface area contributed by atoms with Gasteiger partial charge in [0.2, 0.25) is 5.88 Å². The van der Waals surface area contributed by atoms with E-state index in [1.807, 2.05) is 0 Å². The topological polar surface area (TPSA) is 44.1 Å². The molecule has 0 saturated heterocycles. The van der Waals surface area contributed by atoms with E-state index in [-0.39, 0.29) is 5.56 Å². The summed E-state index contributed by atoms with van der Waals surface area (Å²) in [6.07, 6.45) is 0. The average Bonchev–Trinajstić information content (AvgIpc) is 2.27. The van der Waals surface area contributed by atoms with Crippen LogP contribution in [0.4, 0.5) is 0 Å².